The Morgan fingerprint density at radius 1 is 0.931 bits per heavy atom. The van der Waals surface area contributed by atoms with Crippen LogP contribution in [0.4, 0.5) is 0 Å². The third-order valence-corrected chi connectivity index (χ3v) is 5.16. The van der Waals surface area contributed by atoms with Gasteiger partial charge in [-0.1, -0.05) is 76.8 Å². The maximum Gasteiger partial charge on any atom is 0.397 e. The molecule has 0 fully saturated rings. The first-order valence-electron chi connectivity index (χ1n) is 10.5. The van der Waals surface area contributed by atoms with E-state index < -0.39 is 10.4 Å². The lowest BCUT2D eigenvalue weighted by Crippen LogP contribution is -2.04. The fraction of sp³-hybridized carbons (Fsp3) is 0.591. The van der Waals surface area contributed by atoms with Crippen molar-refractivity contribution in [3.05, 3.63) is 36.0 Å². The zero-order valence-corrected chi connectivity index (χ0v) is 18.5. The largest absolute Gasteiger partial charge is 0.506 e. The number of aromatic hydroxyl groups is 1. The number of rotatable bonds is 12. The Kier molecular flexibility index (Phi) is 12.5. The lowest BCUT2D eigenvalue weighted by Gasteiger charge is -2.02. The van der Waals surface area contributed by atoms with E-state index in [1.165, 1.54) is 44.9 Å². The number of hydrogen-bond acceptors (Lipinski definition) is 5. The molecule has 0 bridgehead atoms. The Balaban J connectivity index is 0.000000304. The predicted molar refractivity (Wildman–Crippen MR) is 117 cm³/mol. The summed E-state index contributed by atoms with van der Waals surface area (Å²) in [5.41, 5.74) is 1.81. The summed E-state index contributed by atoms with van der Waals surface area (Å²) in [4.78, 5) is 4.09. The SMILES string of the molecule is CCCCCCCCCCCCOS(=O)(=O)O.Cc1ccc(O)c2ncccc12. The topological polar surface area (TPSA) is 96.7 Å². The molecule has 7 heteroatoms. The average molecular weight is 426 g/mol. The van der Waals surface area contributed by atoms with E-state index in [-0.39, 0.29) is 12.4 Å². The molecule has 0 unspecified atom stereocenters. The summed E-state index contributed by atoms with van der Waals surface area (Å²) >= 11 is 0. The fourth-order valence-electron chi connectivity index (χ4n) is 3.05. The van der Waals surface area contributed by atoms with Crippen molar-refractivity contribution in [3.63, 3.8) is 0 Å². The van der Waals surface area contributed by atoms with Crippen LogP contribution in [0.15, 0.2) is 30.5 Å². The Hall–Kier alpha value is -1.70. The van der Waals surface area contributed by atoms with Crippen LogP contribution in [0, 0.1) is 6.92 Å². The minimum atomic E-state index is -4.23. The van der Waals surface area contributed by atoms with Crippen molar-refractivity contribution in [1.29, 1.82) is 0 Å². The third-order valence-electron chi connectivity index (χ3n) is 4.70. The zero-order valence-electron chi connectivity index (χ0n) is 17.6. The molecule has 0 aliphatic rings. The molecule has 2 N–H and O–H groups in total. The van der Waals surface area contributed by atoms with E-state index in [1.54, 1.807) is 12.3 Å². The molecule has 0 radical (unpaired) electrons. The molecule has 1 heterocycles. The quantitative estimate of drug-likeness (QED) is 0.321. The minimum absolute atomic E-state index is 0.0926. The van der Waals surface area contributed by atoms with Crippen LogP contribution in [0.1, 0.15) is 76.7 Å². The van der Waals surface area contributed by atoms with Gasteiger partial charge in [0.05, 0.1) is 6.61 Å². The fourth-order valence-corrected chi connectivity index (χ4v) is 3.38. The molecule has 0 saturated heterocycles. The highest BCUT2D eigenvalue weighted by Gasteiger charge is 2.03. The van der Waals surface area contributed by atoms with Gasteiger partial charge in [0.25, 0.3) is 0 Å². The summed E-state index contributed by atoms with van der Waals surface area (Å²) in [5, 5.41) is 10.4. The highest BCUT2D eigenvalue weighted by Crippen LogP contribution is 2.24. The Labute approximate surface area is 175 Å². The van der Waals surface area contributed by atoms with Gasteiger partial charge < -0.3 is 5.11 Å². The average Bonchev–Trinajstić information content (AvgIpc) is 2.69. The molecule has 0 aliphatic heterocycles. The lowest BCUT2D eigenvalue weighted by atomic mass is 10.1. The van der Waals surface area contributed by atoms with E-state index in [1.807, 2.05) is 25.1 Å². The number of phenols is 1. The van der Waals surface area contributed by atoms with Gasteiger partial charge in [-0.05, 0) is 31.0 Å². The number of benzene rings is 1. The summed E-state index contributed by atoms with van der Waals surface area (Å²) in [6.07, 6.45) is 13.5. The van der Waals surface area contributed by atoms with Gasteiger partial charge in [-0.15, -0.1) is 0 Å². The van der Waals surface area contributed by atoms with Gasteiger partial charge in [0.15, 0.2) is 0 Å². The van der Waals surface area contributed by atoms with Crippen molar-refractivity contribution in [2.75, 3.05) is 6.61 Å². The van der Waals surface area contributed by atoms with E-state index in [9.17, 15) is 13.5 Å². The van der Waals surface area contributed by atoms with Gasteiger partial charge in [0.2, 0.25) is 0 Å². The van der Waals surface area contributed by atoms with Crippen LogP contribution in [0.5, 0.6) is 5.75 Å². The maximum atomic E-state index is 10.2. The summed E-state index contributed by atoms with van der Waals surface area (Å²) in [6, 6.07) is 7.39. The molecule has 2 aromatic rings. The van der Waals surface area contributed by atoms with Crippen molar-refractivity contribution < 1.29 is 22.3 Å². The second kappa shape index (κ2) is 14.3. The molecule has 0 saturated carbocycles. The molecule has 164 valence electrons. The first-order valence-corrected chi connectivity index (χ1v) is 11.9. The molecule has 0 atom stereocenters. The van der Waals surface area contributed by atoms with Gasteiger partial charge in [-0.25, -0.2) is 4.18 Å². The van der Waals surface area contributed by atoms with Crippen molar-refractivity contribution in [2.45, 2.75) is 78.1 Å². The van der Waals surface area contributed by atoms with E-state index in [0.717, 1.165) is 23.8 Å². The molecule has 2 rings (SSSR count). The third kappa shape index (κ3) is 11.8. The van der Waals surface area contributed by atoms with Crippen LogP contribution in [0.2, 0.25) is 0 Å². The number of unbranched alkanes of at least 4 members (excludes halogenated alkanes) is 9. The molecule has 6 nitrogen and oxygen atoms in total. The number of aromatic nitrogens is 1. The zero-order chi connectivity index (χ0) is 21.5. The standard InChI is InChI=1S/C12H26O4S.C10H9NO/c1-2-3-4-5-6-7-8-9-10-11-12-16-17(13,14)15;1-7-4-5-9(12)10-8(7)3-2-6-11-10/h2-12H2,1H3,(H,13,14,15);2-6,12H,1H3. The molecule has 29 heavy (non-hydrogen) atoms. The normalized spacial score (nSPS) is 11.3. The Morgan fingerprint density at radius 2 is 1.52 bits per heavy atom. The van der Waals surface area contributed by atoms with Gasteiger partial charge in [-0.2, -0.15) is 8.42 Å². The second-order valence-corrected chi connectivity index (χ2v) is 8.32. The number of phenolic OH excluding ortho intramolecular Hbond substituents is 1. The summed E-state index contributed by atoms with van der Waals surface area (Å²) in [6.45, 7) is 4.31. The number of fused-ring (bicyclic) bond motifs is 1. The van der Waals surface area contributed by atoms with Crippen molar-refractivity contribution in [2.24, 2.45) is 0 Å². The predicted octanol–water partition coefficient (Wildman–Crippen LogP) is 5.98. The summed E-state index contributed by atoms with van der Waals surface area (Å²) < 4.78 is 33.0. The molecule has 1 aromatic heterocycles. The van der Waals surface area contributed by atoms with E-state index in [4.69, 9.17) is 4.55 Å². The molecule has 0 spiro atoms. The van der Waals surface area contributed by atoms with Crippen LogP contribution >= 0.6 is 0 Å². The van der Waals surface area contributed by atoms with Crippen LogP contribution in [-0.4, -0.2) is 29.7 Å². The van der Waals surface area contributed by atoms with Gasteiger partial charge in [0, 0.05) is 11.6 Å². The number of pyridine rings is 1. The van der Waals surface area contributed by atoms with Gasteiger partial charge in [0.1, 0.15) is 11.3 Å². The van der Waals surface area contributed by atoms with Crippen LogP contribution in [-0.2, 0) is 14.6 Å². The molecule has 0 aliphatic carbocycles. The second-order valence-electron chi connectivity index (χ2n) is 7.23. The van der Waals surface area contributed by atoms with Crippen LogP contribution in [0.25, 0.3) is 10.9 Å². The van der Waals surface area contributed by atoms with E-state index in [0.29, 0.717) is 11.9 Å². The monoisotopic (exact) mass is 425 g/mol. The lowest BCUT2D eigenvalue weighted by molar-refractivity contribution is 0.261. The highest BCUT2D eigenvalue weighted by molar-refractivity contribution is 7.80. The Bertz CT molecular complexity index is 767. The molecule has 1 aromatic carbocycles. The van der Waals surface area contributed by atoms with Crippen molar-refractivity contribution >= 4 is 21.3 Å². The molecule has 0 amide bonds. The van der Waals surface area contributed by atoms with E-state index >= 15 is 0 Å². The molecular weight excluding hydrogens is 390 g/mol. The smallest absolute Gasteiger partial charge is 0.397 e. The van der Waals surface area contributed by atoms with Crippen LogP contribution in [0.3, 0.4) is 0 Å². The van der Waals surface area contributed by atoms with Crippen LogP contribution < -0.4 is 0 Å². The van der Waals surface area contributed by atoms with Crippen molar-refractivity contribution in [1.82, 2.24) is 4.98 Å². The first-order chi connectivity index (χ1) is 13.8. The summed E-state index contributed by atoms with van der Waals surface area (Å²) in [7, 11) is -4.23. The molecular formula is C22H35NO5S. The Morgan fingerprint density at radius 3 is 2.07 bits per heavy atom. The number of nitrogens with zero attached hydrogens (tertiary/aromatic N) is 1. The van der Waals surface area contributed by atoms with E-state index in [2.05, 4.69) is 16.1 Å². The number of aryl methyl sites for hydroxylation is 1. The van der Waals surface area contributed by atoms with Crippen molar-refractivity contribution in [3.8, 4) is 5.75 Å². The minimum Gasteiger partial charge on any atom is -0.506 e. The summed E-state index contributed by atoms with van der Waals surface area (Å²) in [5.74, 6) is 0.246. The highest BCUT2D eigenvalue weighted by atomic mass is 32.3. The first kappa shape index (κ1) is 25.3. The number of hydrogen-bond donors (Lipinski definition) is 2. The van der Waals surface area contributed by atoms with Gasteiger partial charge >= 0.3 is 10.4 Å². The van der Waals surface area contributed by atoms with Gasteiger partial charge in [-0.3, -0.25) is 9.54 Å². The maximum absolute atomic E-state index is 10.2.